The Bertz CT molecular complexity index is 715. The fourth-order valence-corrected chi connectivity index (χ4v) is 3.07. The molecule has 0 N–H and O–H groups in total. The van der Waals surface area contributed by atoms with E-state index in [-0.39, 0.29) is 16.5 Å². The molecule has 106 valence electrons. The van der Waals surface area contributed by atoms with E-state index in [0.29, 0.717) is 10.6 Å². The van der Waals surface area contributed by atoms with Gasteiger partial charge in [-0.2, -0.15) is 8.42 Å². The van der Waals surface area contributed by atoms with Crippen LogP contribution in [-0.2, 0) is 15.9 Å². The molecule has 0 unspecified atom stereocenters. The zero-order valence-electron chi connectivity index (χ0n) is 10.0. The van der Waals surface area contributed by atoms with E-state index >= 15 is 0 Å². The van der Waals surface area contributed by atoms with Crippen molar-refractivity contribution in [3.05, 3.63) is 63.9 Å². The van der Waals surface area contributed by atoms with Gasteiger partial charge >= 0.3 is 10.1 Å². The highest BCUT2D eigenvalue weighted by molar-refractivity contribution is 7.86. The molecule has 0 saturated carbocycles. The summed E-state index contributed by atoms with van der Waals surface area (Å²) in [5, 5.41) is 0.471. The summed E-state index contributed by atoms with van der Waals surface area (Å²) in [6.45, 7) is 0. The van der Waals surface area contributed by atoms with Crippen molar-refractivity contribution in [3.63, 3.8) is 0 Å². The van der Waals surface area contributed by atoms with Crippen molar-refractivity contribution in [2.45, 2.75) is 5.75 Å². The van der Waals surface area contributed by atoms with Crippen LogP contribution in [0.5, 0.6) is 5.75 Å². The summed E-state index contributed by atoms with van der Waals surface area (Å²) in [7, 11) is -3.89. The third-order valence-corrected chi connectivity index (χ3v) is 4.02. The van der Waals surface area contributed by atoms with Crippen molar-refractivity contribution in [1.82, 2.24) is 0 Å². The van der Waals surface area contributed by atoms with E-state index < -0.39 is 15.9 Å². The second-order valence-corrected chi connectivity index (χ2v) is 6.40. The van der Waals surface area contributed by atoms with Crippen LogP contribution in [0.15, 0.2) is 42.5 Å². The summed E-state index contributed by atoms with van der Waals surface area (Å²) in [4.78, 5) is 0. The maximum Gasteiger partial charge on any atom is 0.313 e. The molecule has 20 heavy (non-hydrogen) atoms. The zero-order chi connectivity index (χ0) is 14.8. The summed E-state index contributed by atoms with van der Waals surface area (Å²) in [6.07, 6.45) is 0. The van der Waals surface area contributed by atoms with Crippen LogP contribution in [0.3, 0.4) is 0 Å². The van der Waals surface area contributed by atoms with Gasteiger partial charge in [0.15, 0.2) is 5.75 Å². The van der Waals surface area contributed by atoms with Gasteiger partial charge in [0, 0.05) is 5.02 Å². The quantitative estimate of drug-likeness (QED) is 0.792. The summed E-state index contributed by atoms with van der Waals surface area (Å²) in [5.74, 6) is -0.822. The van der Waals surface area contributed by atoms with Crippen molar-refractivity contribution in [2.75, 3.05) is 0 Å². The molecule has 2 aromatic rings. The second kappa shape index (κ2) is 5.99. The summed E-state index contributed by atoms with van der Waals surface area (Å²) in [5.41, 5.74) is 0.413. The Morgan fingerprint density at radius 1 is 1.05 bits per heavy atom. The van der Waals surface area contributed by atoms with Crippen LogP contribution in [0, 0.1) is 5.82 Å². The average molecular weight is 335 g/mol. The molecular weight excluding hydrogens is 326 g/mol. The molecule has 2 aromatic carbocycles. The highest BCUT2D eigenvalue weighted by atomic mass is 35.5. The first-order chi connectivity index (χ1) is 9.35. The van der Waals surface area contributed by atoms with Gasteiger partial charge < -0.3 is 4.18 Å². The minimum absolute atomic E-state index is 0.00169. The molecule has 0 aliphatic rings. The zero-order valence-corrected chi connectivity index (χ0v) is 12.3. The molecule has 0 atom stereocenters. The van der Waals surface area contributed by atoms with E-state index in [4.69, 9.17) is 27.4 Å². The molecular formula is C13H9Cl2FO3S. The van der Waals surface area contributed by atoms with E-state index in [1.165, 1.54) is 42.5 Å². The van der Waals surface area contributed by atoms with Crippen LogP contribution >= 0.6 is 23.2 Å². The third-order valence-electron chi connectivity index (χ3n) is 2.37. The number of halogens is 3. The van der Waals surface area contributed by atoms with Crippen molar-refractivity contribution in [2.24, 2.45) is 0 Å². The maximum atomic E-state index is 12.7. The Balaban J connectivity index is 2.17. The monoisotopic (exact) mass is 334 g/mol. The van der Waals surface area contributed by atoms with Gasteiger partial charge in [-0.1, -0.05) is 35.3 Å². The van der Waals surface area contributed by atoms with Gasteiger partial charge in [-0.25, -0.2) is 4.39 Å². The van der Waals surface area contributed by atoms with E-state index in [2.05, 4.69) is 0 Å². The third kappa shape index (κ3) is 4.10. The normalized spacial score (nSPS) is 11.3. The first kappa shape index (κ1) is 15.1. The molecule has 3 nitrogen and oxygen atoms in total. The van der Waals surface area contributed by atoms with Gasteiger partial charge in [0.25, 0.3) is 0 Å². The molecule has 0 saturated heterocycles. The average Bonchev–Trinajstić information content (AvgIpc) is 2.35. The highest BCUT2D eigenvalue weighted by Gasteiger charge is 2.16. The van der Waals surface area contributed by atoms with E-state index in [1.807, 2.05) is 0 Å². The molecule has 2 rings (SSSR count). The van der Waals surface area contributed by atoms with Gasteiger partial charge in [-0.3, -0.25) is 0 Å². The Labute approximate surface area is 126 Å². The van der Waals surface area contributed by atoms with Gasteiger partial charge in [0.1, 0.15) is 11.6 Å². The molecule has 0 radical (unpaired) electrons. The lowest BCUT2D eigenvalue weighted by atomic mass is 10.2. The minimum atomic E-state index is -3.89. The van der Waals surface area contributed by atoms with Crippen LogP contribution in [0.2, 0.25) is 10.0 Å². The van der Waals surface area contributed by atoms with E-state index in [9.17, 15) is 12.8 Å². The first-order valence-corrected chi connectivity index (χ1v) is 7.81. The lowest BCUT2D eigenvalue weighted by Crippen LogP contribution is -2.12. The van der Waals surface area contributed by atoms with Crippen molar-refractivity contribution in [3.8, 4) is 5.75 Å². The smallest absolute Gasteiger partial charge is 0.313 e. The predicted molar refractivity (Wildman–Crippen MR) is 76.1 cm³/mol. The molecule has 0 aliphatic carbocycles. The van der Waals surface area contributed by atoms with Crippen molar-refractivity contribution < 1.29 is 17.0 Å². The molecule has 7 heteroatoms. The van der Waals surface area contributed by atoms with E-state index in [0.717, 1.165) is 0 Å². The lowest BCUT2D eigenvalue weighted by Gasteiger charge is -2.08. The van der Waals surface area contributed by atoms with Gasteiger partial charge in [0.05, 0.1) is 5.02 Å². The number of rotatable bonds is 4. The number of hydrogen-bond acceptors (Lipinski definition) is 3. The fourth-order valence-electron chi connectivity index (χ4n) is 1.49. The largest absolute Gasteiger partial charge is 0.381 e. The Kier molecular flexibility index (Phi) is 4.52. The second-order valence-electron chi connectivity index (χ2n) is 3.99. The number of benzene rings is 2. The van der Waals surface area contributed by atoms with Gasteiger partial charge in [-0.05, 0) is 35.9 Å². The molecule has 0 spiro atoms. The molecule has 0 aromatic heterocycles. The highest BCUT2D eigenvalue weighted by Crippen LogP contribution is 2.29. The fraction of sp³-hybridized carbons (Fsp3) is 0.0769. The van der Waals surface area contributed by atoms with E-state index in [1.54, 1.807) is 0 Å². The molecule has 0 bridgehead atoms. The lowest BCUT2D eigenvalue weighted by molar-refractivity contribution is 0.485. The van der Waals surface area contributed by atoms with Crippen LogP contribution in [0.1, 0.15) is 5.56 Å². The summed E-state index contributed by atoms with van der Waals surface area (Å²) >= 11 is 11.5. The summed E-state index contributed by atoms with van der Waals surface area (Å²) < 4.78 is 41.4. The maximum absolute atomic E-state index is 12.7. The molecule has 0 fully saturated rings. The van der Waals surface area contributed by atoms with Crippen LogP contribution in [0.25, 0.3) is 0 Å². The first-order valence-electron chi connectivity index (χ1n) is 5.47. The Morgan fingerprint density at radius 2 is 1.70 bits per heavy atom. The molecule has 0 heterocycles. The van der Waals surface area contributed by atoms with Crippen molar-refractivity contribution >= 4 is 33.3 Å². The van der Waals surface area contributed by atoms with Crippen molar-refractivity contribution in [1.29, 1.82) is 0 Å². The Hall–Kier alpha value is -1.30. The number of hydrogen-bond donors (Lipinski definition) is 0. The standard InChI is InChI=1S/C13H9Cl2FO3S/c14-10-3-6-13(12(15)7-10)19-20(17,18)8-9-1-4-11(16)5-2-9/h1-7H,8H2. The molecule has 0 aliphatic heterocycles. The van der Waals surface area contributed by atoms with Gasteiger partial charge in [-0.15, -0.1) is 0 Å². The Morgan fingerprint density at radius 3 is 2.30 bits per heavy atom. The molecule has 0 amide bonds. The summed E-state index contributed by atoms with van der Waals surface area (Å²) in [6, 6.07) is 9.33. The van der Waals surface area contributed by atoms with Crippen LogP contribution in [-0.4, -0.2) is 8.42 Å². The van der Waals surface area contributed by atoms with Gasteiger partial charge in [0.2, 0.25) is 0 Å². The minimum Gasteiger partial charge on any atom is -0.381 e. The van der Waals surface area contributed by atoms with Crippen LogP contribution in [0.4, 0.5) is 4.39 Å². The predicted octanol–water partition coefficient (Wildman–Crippen LogP) is 4.04. The SMILES string of the molecule is O=S(=O)(Cc1ccc(F)cc1)Oc1ccc(Cl)cc1Cl. The topological polar surface area (TPSA) is 43.4 Å². The van der Waals surface area contributed by atoms with Crippen LogP contribution < -0.4 is 4.18 Å².